The standard InChI is InChI=1S/C22H28N2O3/c1-4-17(2)23-22(26)18(3)24(15-19-11-7-5-8-12-19)21(25)16-27-20-13-9-6-10-14-20/h5-14,17-18H,4,15-16H2,1-3H3,(H,23,26)/t17-,18-/m0/s1. The van der Waals surface area contributed by atoms with E-state index in [9.17, 15) is 9.59 Å². The van der Waals surface area contributed by atoms with E-state index in [0.29, 0.717) is 12.3 Å². The summed E-state index contributed by atoms with van der Waals surface area (Å²) in [7, 11) is 0. The molecule has 0 aliphatic carbocycles. The molecule has 5 heteroatoms. The van der Waals surface area contributed by atoms with Crippen molar-refractivity contribution in [1.29, 1.82) is 0 Å². The van der Waals surface area contributed by atoms with Crippen LogP contribution in [0.5, 0.6) is 5.75 Å². The Labute approximate surface area is 161 Å². The molecule has 0 radical (unpaired) electrons. The molecule has 0 aliphatic rings. The Morgan fingerprint density at radius 1 is 1.00 bits per heavy atom. The van der Waals surface area contributed by atoms with Crippen molar-refractivity contribution < 1.29 is 14.3 Å². The highest BCUT2D eigenvalue weighted by molar-refractivity contribution is 5.88. The van der Waals surface area contributed by atoms with Crippen LogP contribution in [-0.2, 0) is 16.1 Å². The lowest BCUT2D eigenvalue weighted by atomic mass is 10.1. The summed E-state index contributed by atoms with van der Waals surface area (Å²) in [5.41, 5.74) is 0.966. The molecule has 1 N–H and O–H groups in total. The lowest BCUT2D eigenvalue weighted by Gasteiger charge is -2.29. The molecular formula is C22H28N2O3. The van der Waals surface area contributed by atoms with Gasteiger partial charge in [0.25, 0.3) is 5.91 Å². The second-order valence-electron chi connectivity index (χ2n) is 6.60. The van der Waals surface area contributed by atoms with Gasteiger partial charge in [0.05, 0.1) is 0 Å². The molecule has 0 fully saturated rings. The fourth-order valence-corrected chi connectivity index (χ4v) is 2.57. The highest BCUT2D eigenvalue weighted by atomic mass is 16.5. The van der Waals surface area contributed by atoms with Gasteiger partial charge < -0.3 is 15.0 Å². The minimum Gasteiger partial charge on any atom is -0.484 e. The van der Waals surface area contributed by atoms with Crippen molar-refractivity contribution in [1.82, 2.24) is 10.2 Å². The molecule has 5 nitrogen and oxygen atoms in total. The normalized spacial score (nSPS) is 12.7. The number of nitrogens with one attached hydrogen (secondary N) is 1. The molecule has 0 saturated carbocycles. The zero-order valence-electron chi connectivity index (χ0n) is 16.2. The van der Waals surface area contributed by atoms with Gasteiger partial charge in [0.2, 0.25) is 5.91 Å². The Morgan fingerprint density at radius 3 is 2.19 bits per heavy atom. The summed E-state index contributed by atoms with van der Waals surface area (Å²) in [5, 5.41) is 2.95. The van der Waals surface area contributed by atoms with Crippen LogP contribution in [0.4, 0.5) is 0 Å². The summed E-state index contributed by atoms with van der Waals surface area (Å²) < 4.78 is 5.60. The van der Waals surface area contributed by atoms with Gasteiger partial charge in [-0.05, 0) is 38.0 Å². The van der Waals surface area contributed by atoms with Crippen LogP contribution in [-0.4, -0.2) is 35.4 Å². The number of hydrogen-bond acceptors (Lipinski definition) is 3. The van der Waals surface area contributed by atoms with Crippen molar-refractivity contribution in [2.24, 2.45) is 0 Å². The summed E-state index contributed by atoms with van der Waals surface area (Å²) in [4.78, 5) is 27.0. The molecule has 27 heavy (non-hydrogen) atoms. The highest BCUT2D eigenvalue weighted by Gasteiger charge is 2.27. The average Bonchev–Trinajstić information content (AvgIpc) is 2.71. The lowest BCUT2D eigenvalue weighted by Crippen LogP contribution is -2.50. The summed E-state index contributed by atoms with van der Waals surface area (Å²) in [5.74, 6) is 0.241. The van der Waals surface area contributed by atoms with Crippen molar-refractivity contribution in [3.8, 4) is 5.75 Å². The van der Waals surface area contributed by atoms with Gasteiger partial charge in [-0.15, -0.1) is 0 Å². The Morgan fingerprint density at radius 2 is 1.59 bits per heavy atom. The number of amides is 2. The second-order valence-corrected chi connectivity index (χ2v) is 6.60. The van der Waals surface area contributed by atoms with Gasteiger partial charge in [-0.25, -0.2) is 0 Å². The zero-order valence-corrected chi connectivity index (χ0v) is 16.2. The molecular weight excluding hydrogens is 340 g/mol. The number of carbonyl (C=O) groups is 2. The summed E-state index contributed by atoms with van der Waals surface area (Å²) >= 11 is 0. The van der Waals surface area contributed by atoms with Crippen molar-refractivity contribution in [2.45, 2.75) is 45.8 Å². The summed E-state index contributed by atoms with van der Waals surface area (Å²) in [6.45, 7) is 5.95. The van der Waals surface area contributed by atoms with Crippen LogP contribution >= 0.6 is 0 Å². The van der Waals surface area contributed by atoms with E-state index >= 15 is 0 Å². The monoisotopic (exact) mass is 368 g/mol. The first-order valence-electron chi connectivity index (χ1n) is 9.32. The van der Waals surface area contributed by atoms with Crippen LogP contribution in [0.2, 0.25) is 0 Å². The molecule has 0 spiro atoms. The molecule has 2 aromatic rings. The molecule has 2 rings (SSSR count). The van der Waals surface area contributed by atoms with E-state index in [0.717, 1.165) is 12.0 Å². The summed E-state index contributed by atoms with van der Waals surface area (Å²) in [6, 6.07) is 18.3. The van der Waals surface area contributed by atoms with Crippen LogP contribution in [0, 0.1) is 0 Å². The Hall–Kier alpha value is -2.82. The van der Waals surface area contributed by atoms with Crippen molar-refractivity contribution >= 4 is 11.8 Å². The molecule has 2 atom stereocenters. The molecule has 0 saturated heterocycles. The molecule has 0 unspecified atom stereocenters. The van der Waals surface area contributed by atoms with Crippen LogP contribution in [0.3, 0.4) is 0 Å². The van der Waals surface area contributed by atoms with Crippen LogP contribution in [0.1, 0.15) is 32.8 Å². The maximum absolute atomic E-state index is 12.8. The predicted octanol–water partition coefficient (Wildman–Crippen LogP) is 3.40. The highest BCUT2D eigenvalue weighted by Crippen LogP contribution is 2.12. The number of nitrogens with zero attached hydrogens (tertiary/aromatic N) is 1. The molecule has 0 bridgehead atoms. The molecule has 0 aromatic heterocycles. The smallest absolute Gasteiger partial charge is 0.261 e. The fraction of sp³-hybridized carbons (Fsp3) is 0.364. The number of hydrogen-bond donors (Lipinski definition) is 1. The number of ether oxygens (including phenoxy) is 1. The maximum Gasteiger partial charge on any atom is 0.261 e. The van der Waals surface area contributed by atoms with Gasteiger partial charge in [0, 0.05) is 12.6 Å². The maximum atomic E-state index is 12.8. The van der Waals surface area contributed by atoms with Crippen molar-refractivity contribution in [3.05, 3.63) is 66.2 Å². The van der Waals surface area contributed by atoms with Crippen LogP contribution in [0.25, 0.3) is 0 Å². The molecule has 0 aliphatic heterocycles. The van der Waals surface area contributed by atoms with Crippen molar-refractivity contribution in [3.63, 3.8) is 0 Å². The molecule has 2 aromatic carbocycles. The lowest BCUT2D eigenvalue weighted by molar-refractivity contribution is -0.142. The Bertz CT molecular complexity index is 719. The number of carbonyl (C=O) groups excluding carboxylic acids is 2. The number of rotatable bonds is 9. The zero-order chi connectivity index (χ0) is 19.6. The van der Waals surface area contributed by atoms with Gasteiger partial charge in [-0.3, -0.25) is 9.59 Å². The Balaban J connectivity index is 2.10. The van der Waals surface area contributed by atoms with Gasteiger partial charge in [0.1, 0.15) is 11.8 Å². The molecule has 144 valence electrons. The largest absolute Gasteiger partial charge is 0.484 e. The SMILES string of the molecule is CC[C@H](C)NC(=O)[C@H](C)N(Cc1ccccc1)C(=O)COc1ccccc1. The van der Waals surface area contributed by atoms with Gasteiger partial charge in [0.15, 0.2) is 6.61 Å². The fourth-order valence-electron chi connectivity index (χ4n) is 2.57. The van der Waals surface area contributed by atoms with Gasteiger partial charge in [-0.1, -0.05) is 55.5 Å². The van der Waals surface area contributed by atoms with E-state index in [2.05, 4.69) is 5.32 Å². The first kappa shape index (κ1) is 20.5. The minimum absolute atomic E-state index is 0.0641. The third-order valence-corrected chi connectivity index (χ3v) is 4.47. The van der Waals surface area contributed by atoms with Gasteiger partial charge >= 0.3 is 0 Å². The minimum atomic E-state index is -0.592. The third-order valence-electron chi connectivity index (χ3n) is 4.47. The number of benzene rings is 2. The topological polar surface area (TPSA) is 58.6 Å². The van der Waals surface area contributed by atoms with E-state index in [1.54, 1.807) is 24.0 Å². The van der Waals surface area contributed by atoms with E-state index < -0.39 is 6.04 Å². The molecule has 2 amide bonds. The van der Waals surface area contributed by atoms with Crippen LogP contribution < -0.4 is 10.1 Å². The first-order valence-corrected chi connectivity index (χ1v) is 9.32. The van der Waals surface area contributed by atoms with Crippen LogP contribution in [0.15, 0.2) is 60.7 Å². The second kappa shape index (κ2) is 10.4. The molecule has 0 heterocycles. The van der Waals surface area contributed by atoms with E-state index in [4.69, 9.17) is 4.74 Å². The van der Waals surface area contributed by atoms with E-state index in [-0.39, 0.29) is 24.5 Å². The van der Waals surface area contributed by atoms with E-state index in [1.807, 2.05) is 62.4 Å². The van der Waals surface area contributed by atoms with E-state index in [1.165, 1.54) is 0 Å². The van der Waals surface area contributed by atoms with Gasteiger partial charge in [-0.2, -0.15) is 0 Å². The number of para-hydroxylation sites is 1. The average molecular weight is 368 g/mol. The third kappa shape index (κ3) is 6.44. The quantitative estimate of drug-likeness (QED) is 0.738. The summed E-state index contributed by atoms with van der Waals surface area (Å²) in [6.07, 6.45) is 0.836. The first-order chi connectivity index (χ1) is 13.0. The van der Waals surface area contributed by atoms with Crippen molar-refractivity contribution in [2.75, 3.05) is 6.61 Å². The predicted molar refractivity (Wildman–Crippen MR) is 106 cm³/mol. The Kier molecular flexibility index (Phi) is 7.86.